The number of nitrogens with zero attached hydrogens (tertiary/aromatic N) is 1. The molecule has 0 unspecified atom stereocenters. The molecule has 9 nitrogen and oxygen atoms in total. The molecule has 1 spiro atoms. The Labute approximate surface area is 192 Å². The van der Waals surface area contributed by atoms with Gasteiger partial charge in [-0.3, -0.25) is 14.3 Å². The third-order valence-corrected chi connectivity index (χ3v) is 6.59. The molecule has 0 radical (unpaired) electrons. The highest BCUT2D eigenvalue weighted by atomic mass is 32.2. The number of benzene rings is 2. The Morgan fingerprint density at radius 2 is 1.76 bits per heavy atom. The number of ketones is 1. The second kappa shape index (κ2) is 8.58. The number of fused-ring (bicyclic) bond motifs is 1. The molecule has 2 aromatic carbocycles. The van der Waals surface area contributed by atoms with E-state index in [4.69, 9.17) is 14.2 Å². The molecule has 1 amide bonds. The van der Waals surface area contributed by atoms with E-state index in [0.717, 1.165) is 6.26 Å². The van der Waals surface area contributed by atoms with Crippen LogP contribution in [0.25, 0.3) is 0 Å². The lowest BCUT2D eigenvalue weighted by Crippen LogP contribution is -2.52. The van der Waals surface area contributed by atoms with E-state index < -0.39 is 15.6 Å². The van der Waals surface area contributed by atoms with Crippen molar-refractivity contribution in [2.24, 2.45) is 0 Å². The number of anilines is 1. The van der Waals surface area contributed by atoms with Crippen LogP contribution >= 0.6 is 0 Å². The second-order valence-corrected chi connectivity index (χ2v) is 10.1. The first-order chi connectivity index (χ1) is 15.6. The third kappa shape index (κ3) is 4.75. The molecule has 2 heterocycles. The van der Waals surface area contributed by atoms with Gasteiger partial charge in [0.2, 0.25) is 10.0 Å². The second-order valence-electron chi connectivity index (χ2n) is 8.33. The fourth-order valence-corrected chi connectivity index (χ4v) is 4.89. The van der Waals surface area contributed by atoms with Crippen LogP contribution in [0.2, 0.25) is 0 Å². The number of Topliss-reactive ketones (excluding diaryl/α,β-unsaturated/α-hetero) is 1. The zero-order valence-corrected chi connectivity index (χ0v) is 19.5. The van der Waals surface area contributed by atoms with Gasteiger partial charge in [-0.2, -0.15) is 0 Å². The summed E-state index contributed by atoms with van der Waals surface area (Å²) < 4.78 is 42.1. The van der Waals surface area contributed by atoms with Gasteiger partial charge in [-0.25, -0.2) is 8.42 Å². The van der Waals surface area contributed by atoms with Gasteiger partial charge in [0.25, 0.3) is 5.91 Å². The Balaban J connectivity index is 1.46. The van der Waals surface area contributed by atoms with Crippen LogP contribution in [0.4, 0.5) is 5.69 Å². The van der Waals surface area contributed by atoms with Gasteiger partial charge in [0.15, 0.2) is 5.78 Å². The number of carbonyl (C=O) groups excluding carboxylic acids is 2. The molecule has 0 saturated carbocycles. The summed E-state index contributed by atoms with van der Waals surface area (Å²) in [5.41, 5.74) is 0.600. The fourth-order valence-electron chi connectivity index (χ4n) is 4.32. The Morgan fingerprint density at radius 3 is 2.33 bits per heavy atom. The van der Waals surface area contributed by atoms with E-state index >= 15 is 0 Å². The first kappa shape index (κ1) is 22.9. The predicted molar refractivity (Wildman–Crippen MR) is 122 cm³/mol. The summed E-state index contributed by atoms with van der Waals surface area (Å²) in [6, 6.07) is 9.66. The predicted octanol–water partition coefficient (Wildman–Crippen LogP) is 2.72. The lowest BCUT2D eigenvalue weighted by Gasteiger charge is -2.44. The van der Waals surface area contributed by atoms with Crippen LogP contribution in [0.3, 0.4) is 0 Å². The van der Waals surface area contributed by atoms with Crippen LogP contribution in [0.1, 0.15) is 40.0 Å². The zero-order valence-electron chi connectivity index (χ0n) is 18.7. The Hall–Kier alpha value is -3.27. The molecule has 0 bridgehead atoms. The van der Waals surface area contributed by atoms with Crippen molar-refractivity contribution in [2.75, 3.05) is 38.3 Å². The lowest BCUT2D eigenvalue weighted by atomic mass is 9.82. The number of likely N-dealkylation sites (tertiary alicyclic amines) is 1. The van der Waals surface area contributed by atoms with Crippen LogP contribution in [0.5, 0.6) is 17.2 Å². The summed E-state index contributed by atoms with van der Waals surface area (Å²) in [5, 5.41) is 0. The van der Waals surface area contributed by atoms with Gasteiger partial charge in [-0.05, 0) is 24.3 Å². The summed E-state index contributed by atoms with van der Waals surface area (Å²) in [7, 11) is -0.346. The summed E-state index contributed by atoms with van der Waals surface area (Å²) in [5.74, 6) is 1.20. The van der Waals surface area contributed by atoms with E-state index in [0.29, 0.717) is 60.0 Å². The van der Waals surface area contributed by atoms with E-state index in [1.54, 1.807) is 41.3 Å². The molecule has 1 saturated heterocycles. The molecule has 33 heavy (non-hydrogen) atoms. The molecule has 10 heteroatoms. The molecule has 2 aromatic rings. The highest BCUT2D eigenvalue weighted by Crippen LogP contribution is 2.44. The smallest absolute Gasteiger partial charge is 0.253 e. The standard InChI is InChI=1S/C23H26N2O7S/c1-30-17-12-19(31-2)21-18(26)14-23(32-20(21)13-17)8-10-25(11-9-23)22(27)15-4-6-16(7-5-15)24-33(3,28)29/h4-7,12-13,24H,8-11,14H2,1-3H3. The summed E-state index contributed by atoms with van der Waals surface area (Å²) in [6.07, 6.45) is 2.31. The molecular weight excluding hydrogens is 448 g/mol. The molecule has 1 fully saturated rings. The molecule has 2 aliphatic rings. The van der Waals surface area contributed by atoms with Gasteiger partial charge in [0.1, 0.15) is 28.4 Å². The van der Waals surface area contributed by atoms with Crippen LogP contribution in [-0.4, -0.2) is 64.2 Å². The zero-order chi connectivity index (χ0) is 23.8. The number of carbonyl (C=O) groups is 2. The molecule has 1 N–H and O–H groups in total. The van der Waals surface area contributed by atoms with Crippen molar-refractivity contribution in [1.29, 1.82) is 0 Å². The van der Waals surface area contributed by atoms with Gasteiger partial charge in [-0.1, -0.05) is 0 Å². The van der Waals surface area contributed by atoms with Gasteiger partial charge in [0.05, 0.1) is 26.9 Å². The quantitative estimate of drug-likeness (QED) is 0.709. The maximum Gasteiger partial charge on any atom is 0.253 e. The van der Waals surface area contributed by atoms with E-state index in [9.17, 15) is 18.0 Å². The number of nitrogens with one attached hydrogen (secondary N) is 1. The van der Waals surface area contributed by atoms with Crippen molar-refractivity contribution in [1.82, 2.24) is 4.90 Å². The number of piperidine rings is 1. The van der Waals surface area contributed by atoms with Crippen molar-refractivity contribution in [3.05, 3.63) is 47.5 Å². The Bertz CT molecular complexity index is 1180. The summed E-state index contributed by atoms with van der Waals surface area (Å²) in [4.78, 5) is 27.6. The third-order valence-electron chi connectivity index (χ3n) is 5.98. The normalized spacial score (nSPS) is 17.2. The van der Waals surface area contributed by atoms with Gasteiger partial charge in [-0.15, -0.1) is 0 Å². The van der Waals surface area contributed by atoms with Crippen LogP contribution in [0, 0.1) is 0 Å². The van der Waals surface area contributed by atoms with E-state index in [2.05, 4.69) is 4.72 Å². The molecule has 176 valence electrons. The molecule has 2 aliphatic heterocycles. The number of amides is 1. The lowest BCUT2D eigenvalue weighted by molar-refractivity contribution is -0.00610. The first-order valence-electron chi connectivity index (χ1n) is 10.5. The van der Waals surface area contributed by atoms with Crippen molar-refractivity contribution in [2.45, 2.75) is 24.9 Å². The highest BCUT2D eigenvalue weighted by molar-refractivity contribution is 7.92. The van der Waals surface area contributed by atoms with Crippen LogP contribution in [0.15, 0.2) is 36.4 Å². The topological polar surface area (TPSA) is 111 Å². The molecule has 0 atom stereocenters. The SMILES string of the molecule is COc1cc(OC)c2c(c1)OC1(CCN(C(=O)c3ccc(NS(C)(=O)=O)cc3)CC1)CC2=O. The number of methoxy groups -OCH3 is 2. The van der Waals surface area contributed by atoms with Crippen molar-refractivity contribution < 1.29 is 32.2 Å². The van der Waals surface area contributed by atoms with Gasteiger partial charge < -0.3 is 19.1 Å². The Kier molecular flexibility index (Phi) is 5.96. The number of ether oxygens (including phenoxy) is 3. The number of hydrogen-bond donors (Lipinski definition) is 1. The average Bonchev–Trinajstić information content (AvgIpc) is 2.77. The summed E-state index contributed by atoms with van der Waals surface area (Å²) in [6.45, 7) is 0.873. The van der Waals surface area contributed by atoms with Crippen molar-refractivity contribution in [3.63, 3.8) is 0 Å². The minimum Gasteiger partial charge on any atom is -0.496 e. The number of hydrogen-bond acceptors (Lipinski definition) is 7. The van der Waals surface area contributed by atoms with Crippen molar-refractivity contribution in [3.8, 4) is 17.2 Å². The monoisotopic (exact) mass is 474 g/mol. The fraction of sp³-hybridized carbons (Fsp3) is 0.391. The Morgan fingerprint density at radius 1 is 1.09 bits per heavy atom. The van der Waals surface area contributed by atoms with E-state index in [-0.39, 0.29) is 18.1 Å². The molecular formula is C23H26N2O7S. The van der Waals surface area contributed by atoms with Gasteiger partial charge in [0, 0.05) is 49.3 Å². The molecule has 0 aromatic heterocycles. The molecule has 0 aliphatic carbocycles. The maximum atomic E-state index is 13.0. The first-order valence-corrected chi connectivity index (χ1v) is 12.4. The molecule has 4 rings (SSSR count). The van der Waals surface area contributed by atoms with E-state index in [1.165, 1.54) is 14.2 Å². The average molecular weight is 475 g/mol. The summed E-state index contributed by atoms with van der Waals surface area (Å²) >= 11 is 0. The van der Waals surface area contributed by atoms with Crippen molar-refractivity contribution >= 4 is 27.4 Å². The van der Waals surface area contributed by atoms with E-state index in [1.807, 2.05) is 0 Å². The number of rotatable bonds is 5. The minimum absolute atomic E-state index is 0.0514. The largest absolute Gasteiger partial charge is 0.496 e. The highest BCUT2D eigenvalue weighted by Gasteiger charge is 2.45. The maximum absolute atomic E-state index is 13.0. The van der Waals surface area contributed by atoms with Crippen LogP contribution in [-0.2, 0) is 10.0 Å². The van der Waals surface area contributed by atoms with Gasteiger partial charge >= 0.3 is 0 Å². The van der Waals surface area contributed by atoms with Crippen LogP contribution < -0.4 is 18.9 Å². The number of sulfonamides is 1. The minimum atomic E-state index is -3.38.